The van der Waals surface area contributed by atoms with Crippen LogP contribution in [0.3, 0.4) is 0 Å². The molecule has 1 aromatic rings. The number of ether oxygens (including phenoxy) is 1. The van der Waals surface area contributed by atoms with Gasteiger partial charge in [-0.25, -0.2) is 23.1 Å². The number of hydrogen-bond donors (Lipinski definition) is 3. The van der Waals surface area contributed by atoms with Crippen LogP contribution in [0.15, 0.2) is 6.33 Å². The van der Waals surface area contributed by atoms with E-state index in [9.17, 15) is 8.42 Å². The molecule has 108 valence electrons. The molecule has 1 aromatic heterocycles. The maximum Gasteiger partial charge on any atom is 0.208 e. The molecule has 3 N–H and O–H groups in total. The number of methoxy groups -OCH3 is 1. The van der Waals surface area contributed by atoms with Crippen molar-refractivity contribution >= 4 is 21.7 Å². The van der Waals surface area contributed by atoms with E-state index in [2.05, 4.69) is 25.3 Å². The molecular formula is C10H19N5O3S. The topological polar surface area (TPSA) is 105 Å². The van der Waals surface area contributed by atoms with Gasteiger partial charge in [-0.05, 0) is 6.92 Å². The zero-order valence-electron chi connectivity index (χ0n) is 11.2. The highest BCUT2D eigenvalue weighted by molar-refractivity contribution is 7.88. The van der Waals surface area contributed by atoms with E-state index in [0.29, 0.717) is 30.5 Å². The lowest BCUT2D eigenvalue weighted by molar-refractivity contribution is 0.414. The van der Waals surface area contributed by atoms with Crippen molar-refractivity contribution in [1.82, 2.24) is 14.7 Å². The molecule has 0 aromatic carbocycles. The van der Waals surface area contributed by atoms with Crippen LogP contribution in [0.2, 0.25) is 0 Å². The molecule has 0 aliphatic carbocycles. The standard InChI is InChI=1S/C10H19N5O3S/c1-4-11-9-8(18-2)10(14-7-13-9)12-5-6-15-19(3,16)17/h7,15H,4-6H2,1-3H3,(H2,11,12,13,14). The molecule has 0 saturated heterocycles. The fourth-order valence-electron chi connectivity index (χ4n) is 1.40. The Kier molecular flexibility index (Phi) is 5.77. The summed E-state index contributed by atoms with van der Waals surface area (Å²) in [5.41, 5.74) is 0. The van der Waals surface area contributed by atoms with Crippen LogP contribution in [0.4, 0.5) is 11.6 Å². The molecule has 1 heterocycles. The van der Waals surface area contributed by atoms with Gasteiger partial charge >= 0.3 is 0 Å². The molecule has 0 saturated carbocycles. The van der Waals surface area contributed by atoms with Crippen LogP contribution in [-0.4, -0.2) is 51.4 Å². The Morgan fingerprint density at radius 1 is 1.21 bits per heavy atom. The zero-order valence-corrected chi connectivity index (χ0v) is 12.0. The third-order valence-electron chi connectivity index (χ3n) is 2.13. The van der Waals surface area contributed by atoms with Crippen LogP contribution in [0.25, 0.3) is 0 Å². The normalized spacial score (nSPS) is 11.1. The van der Waals surface area contributed by atoms with Crippen molar-refractivity contribution in [2.24, 2.45) is 0 Å². The first-order valence-electron chi connectivity index (χ1n) is 5.79. The minimum absolute atomic E-state index is 0.266. The Hall–Kier alpha value is -1.61. The Bertz CT molecular complexity index is 506. The predicted molar refractivity (Wildman–Crippen MR) is 74.1 cm³/mol. The molecule has 0 unspecified atom stereocenters. The van der Waals surface area contributed by atoms with Gasteiger partial charge in [-0.1, -0.05) is 0 Å². The lowest BCUT2D eigenvalue weighted by Gasteiger charge is -2.13. The van der Waals surface area contributed by atoms with Crippen molar-refractivity contribution in [3.8, 4) is 5.75 Å². The molecule has 0 amide bonds. The molecule has 0 spiro atoms. The summed E-state index contributed by atoms with van der Waals surface area (Å²) in [6.45, 7) is 3.32. The van der Waals surface area contributed by atoms with E-state index in [1.165, 1.54) is 13.4 Å². The van der Waals surface area contributed by atoms with Gasteiger partial charge in [0.1, 0.15) is 6.33 Å². The van der Waals surface area contributed by atoms with E-state index in [0.717, 1.165) is 6.26 Å². The molecule has 8 nitrogen and oxygen atoms in total. The van der Waals surface area contributed by atoms with Gasteiger partial charge < -0.3 is 15.4 Å². The highest BCUT2D eigenvalue weighted by Crippen LogP contribution is 2.28. The Morgan fingerprint density at radius 2 is 1.84 bits per heavy atom. The van der Waals surface area contributed by atoms with Gasteiger partial charge in [0.2, 0.25) is 15.8 Å². The van der Waals surface area contributed by atoms with E-state index >= 15 is 0 Å². The van der Waals surface area contributed by atoms with Crippen LogP contribution >= 0.6 is 0 Å². The predicted octanol–water partition coefficient (Wildman–Crippen LogP) is -0.122. The van der Waals surface area contributed by atoms with Crippen molar-refractivity contribution < 1.29 is 13.2 Å². The number of sulfonamides is 1. The number of hydrogen-bond acceptors (Lipinski definition) is 7. The summed E-state index contributed by atoms with van der Waals surface area (Å²) in [4.78, 5) is 8.13. The quantitative estimate of drug-likeness (QED) is 0.573. The van der Waals surface area contributed by atoms with Gasteiger partial charge in [0.15, 0.2) is 11.6 Å². The first kappa shape index (κ1) is 15.4. The monoisotopic (exact) mass is 289 g/mol. The lowest BCUT2D eigenvalue weighted by Crippen LogP contribution is -2.27. The second kappa shape index (κ2) is 7.10. The van der Waals surface area contributed by atoms with E-state index < -0.39 is 10.0 Å². The summed E-state index contributed by atoms with van der Waals surface area (Å²) >= 11 is 0. The Balaban J connectivity index is 2.65. The highest BCUT2D eigenvalue weighted by Gasteiger charge is 2.11. The Labute approximate surface area is 113 Å². The first-order chi connectivity index (χ1) is 8.98. The summed E-state index contributed by atoms with van der Waals surface area (Å²) in [5, 5.41) is 6.05. The number of rotatable bonds is 8. The molecule has 0 aliphatic heterocycles. The van der Waals surface area contributed by atoms with Gasteiger partial charge in [0, 0.05) is 19.6 Å². The number of nitrogens with zero attached hydrogens (tertiary/aromatic N) is 2. The lowest BCUT2D eigenvalue weighted by atomic mass is 10.4. The minimum Gasteiger partial charge on any atom is -0.490 e. The molecule has 0 atom stereocenters. The van der Waals surface area contributed by atoms with Crippen LogP contribution in [-0.2, 0) is 10.0 Å². The molecule has 9 heteroatoms. The number of nitrogens with one attached hydrogen (secondary N) is 3. The molecule has 0 radical (unpaired) electrons. The largest absolute Gasteiger partial charge is 0.490 e. The van der Waals surface area contributed by atoms with Crippen molar-refractivity contribution in [2.75, 3.05) is 43.6 Å². The van der Waals surface area contributed by atoms with Gasteiger partial charge in [-0.2, -0.15) is 0 Å². The molecule has 1 rings (SSSR count). The maximum absolute atomic E-state index is 10.9. The second-order valence-electron chi connectivity index (χ2n) is 3.73. The van der Waals surface area contributed by atoms with Crippen molar-refractivity contribution in [3.63, 3.8) is 0 Å². The van der Waals surface area contributed by atoms with Gasteiger partial charge in [0.05, 0.1) is 13.4 Å². The second-order valence-corrected chi connectivity index (χ2v) is 5.56. The number of anilines is 2. The van der Waals surface area contributed by atoms with Crippen molar-refractivity contribution in [1.29, 1.82) is 0 Å². The average Bonchev–Trinajstić information content (AvgIpc) is 2.34. The van der Waals surface area contributed by atoms with Gasteiger partial charge in [-0.3, -0.25) is 0 Å². The fourth-order valence-corrected chi connectivity index (χ4v) is 1.88. The van der Waals surface area contributed by atoms with Crippen LogP contribution in [0, 0.1) is 0 Å². The summed E-state index contributed by atoms with van der Waals surface area (Å²) in [6, 6.07) is 0. The maximum atomic E-state index is 10.9. The van der Waals surface area contributed by atoms with E-state index in [1.807, 2.05) is 6.92 Å². The van der Waals surface area contributed by atoms with Crippen LogP contribution in [0.1, 0.15) is 6.92 Å². The van der Waals surface area contributed by atoms with Crippen LogP contribution < -0.4 is 20.1 Å². The summed E-state index contributed by atoms with van der Waals surface area (Å²) in [7, 11) is -1.65. The smallest absolute Gasteiger partial charge is 0.208 e. The van der Waals surface area contributed by atoms with Crippen molar-refractivity contribution in [3.05, 3.63) is 6.33 Å². The van der Waals surface area contributed by atoms with Gasteiger partial charge in [-0.15, -0.1) is 0 Å². The zero-order chi connectivity index (χ0) is 14.3. The molecule has 0 bridgehead atoms. The van der Waals surface area contributed by atoms with E-state index in [-0.39, 0.29) is 6.54 Å². The minimum atomic E-state index is -3.18. The third kappa shape index (κ3) is 5.26. The third-order valence-corrected chi connectivity index (χ3v) is 2.86. The van der Waals surface area contributed by atoms with E-state index in [4.69, 9.17) is 4.74 Å². The van der Waals surface area contributed by atoms with Crippen molar-refractivity contribution in [2.45, 2.75) is 6.92 Å². The molecule has 0 aliphatic rings. The van der Waals surface area contributed by atoms with Gasteiger partial charge in [0.25, 0.3) is 0 Å². The molecule has 19 heavy (non-hydrogen) atoms. The van der Waals surface area contributed by atoms with E-state index in [1.54, 1.807) is 0 Å². The number of aromatic nitrogens is 2. The molecule has 0 fully saturated rings. The highest BCUT2D eigenvalue weighted by atomic mass is 32.2. The summed E-state index contributed by atoms with van der Waals surface area (Å²) < 4.78 is 29.4. The van der Waals surface area contributed by atoms with Crippen LogP contribution in [0.5, 0.6) is 5.75 Å². The molecular weight excluding hydrogens is 270 g/mol. The Morgan fingerprint density at radius 3 is 2.37 bits per heavy atom. The summed E-state index contributed by atoms with van der Waals surface area (Å²) in [6.07, 6.45) is 2.52. The fraction of sp³-hybridized carbons (Fsp3) is 0.600. The first-order valence-corrected chi connectivity index (χ1v) is 7.68. The average molecular weight is 289 g/mol. The SMILES string of the molecule is CCNc1ncnc(NCCNS(C)(=O)=O)c1OC. The summed E-state index contributed by atoms with van der Waals surface area (Å²) in [5.74, 6) is 1.62.